The lowest BCUT2D eigenvalue weighted by Gasteiger charge is -2.30. The Labute approximate surface area is 265 Å². The SMILES string of the molecule is C#Cc1cccc(N2c3ccc(C(=O)N4CCOCC4)c(=O)n3[C@H](c3ccc(Cl)cc3)[C@@H]2c2ccc(Cl)cc2)c1.C=O.C=O. The lowest BCUT2D eigenvalue weighted by molar-refractivity contribution is -0.0987. The predicted octanol–water partition coefficient (Wildman–Crippen LogP) is 5.72. The number of terminal acetylenes is 1. The maximum absolute atomic E-state index is 14.3. The molecule has 1 saturated heterocycles. The number of halogens is 2. The van der Waals surface area contributed by atoms with Gasteiger partial charge in [-0.25, -0.2) is 0 Å². The van der Waals surface area contributed by atoms with Crippen LogP contribution < -0.4 is 10.5 Å². The second kappa shape index (κ2) is 14.7. The molecule has 2 aliphatic rings. The molecule has 10 heteroatoms. The Morgan fingerprint density at radius 2 is 1.39 bits per heavy atom. The van der Waals surface area contributed by atoms with Crippen molar-refractivity contribution >= 4 is 54.2 Å². The van der Waals surface area contributed by atoms with Crippen molar-refractivity contribution in [2.45, 2.75) is 12.1 Å². The van der Waals surface area contributed by atoms with E-state index < -0.39 is 6.04 Å². The zero-order chi connectivity index (χ0) is 31.8. The number of benzene rings is 3. The number of morpholine rings is 1. The van der Waals surface area contributed by atoms with Crippen molar-refractivity contribution in [1.82, 2.24) is 9.47 Å². The molecule has 224 valence electrons. The van der Waals surface area contributed by atoms with Gasteiger partial charge in [-0.3, -0.25) is 14.2 Å². The Morgan fingerprint density at radius 1 is 0.818 bits per heavy atom. The third-order valence-electron chi connectivity index (χ3n) is 7.44. The van der Waals surface area contributed by atoms with E-state index in [9.17, 15) is 9.59 Å². The molecule has 0 radical (unpaired) electrons. The van der Waals surface area contributed by atoms with E-state index in [-0.39, 0.29) is 23.1 Å². The first-order valence-corrected chi connectivity index (χ1v) is 14.3. The topological polar surface area (TPSA) is 88.9 Å². The summed E-state index contributed by atoms with van der Waals surface area (Å²) in [6.45, 7) is 5.78. The molecule has 3 aromatic carbocycles. The Balaban J connectivity index is 0.00000106. The van der Waals surface area contributed by atoms with Crippen LogP contribution in [0.4, 0.5) is 11.5 Å². The molecule has 1 aromatic heterocycles. The first-order valence-electron chi connectivity index (χ1n) is 13.5. The largest absolute Gasteiger partial charge is 0.378 e. The minimum absolute atomic E-state index is 0.124. The molecule has 0 N–H and O–H groups in total. The lowest BCUT2D eigenvalue weighted by atomic mass is 9.93. The van der Waals surface area contributed by atoms with E-state index in [1.807, 2.05) is 92.4 Å². The van der Waals surface area contributed by atoms with E-state index in [0.29, 0.717) is 42.2 Å². The van der Waals surface area contributed by atoms with Crippen LogP contribution in [0.25, 0.3) is 0 Å². The molecular formula is C34H29Cl2N3O5. The van der Waals surface area contributed by atoms with Crippen LogP contribution >= 0.6 is 23.2 Å². The minimum atomic E-state index is -0.479. The van der Waals surface area contributed by atoms with Gasteiger partial charge in [-0.05, 0) is 65.7 Å². The average molecular weight is 631 g/mol. The molecule has 0 unspecified atom stereocenters. The van der Waals surface area contributed by atoms with Crippen molar-refractivity contribution in [3.05, 3.63) is 128 Å². The number of hydrogen-bond acceptors (Lipinski definition) is 6. The fourth-order valence-electron chi connectivity index (χ4n) is 5.55. The first kappa shape index (κ1) is 32.2. The summed E-state index contributed by atoms with van der Waals surface area (Å²) in [5, 5.41) is 1.20. The maximum atomic E-state index is 14.3. The van der Waals surface area contributed by atoms with Crippen molar-refractivity contribution in [3.63, 3.8) is 0 Å². The van der Waals surface area contributed by atoms with Crippen molar-refractivity contribution < 1.29 is 19.1 Å². The summed E-state index contributed by atoms with van der Waals surface area (Å²) in [7, 11) is 0. The van der Waals surface area contributed by atoms with Crippen molar-refractivity contribution in [1.29, 1.82) is 0 Å². The molecule has 2 aliphatic heterocycles. The van der Waals surface area contributed by atoms with E-state index in [0.717, 1.165) is 22.4 Å². The number of nitrogens with zero attached hydrogens (tertiary/aromatic N) is 3. The lowest BCUT2D eigenvalue weighted by Crippen LogP contribution is -2.43. The highest BCUT2D eigenvalue weighted by molar-refractivity contribution is 6.30. The quantitative estimate of drug-likeness (QED) is 0.268. The van der Waals surface area contributed by atoms with E-state index in [2.05, 4.69) is 10.8 Å². The van der Waals surface area contributed by atoms with Gasteiger partial charge in [0.25, 0.3) is 11.5 Å². The molecule has 0 saturated carbocycles. The Kier molecular flexibility index (Phi) is 10.7. The van der Waals surface area contributed by atoms with Gasteiger partial charge in [-0.1, -0.05) is 59.5 Å². The molecule has 1 amide bonds. The fourth-order valence-corrected chi connectivity index (χ4v) is 5.81. The monoisotopic (exact) mass is 629 g/mol. The van der Waals surface area contributed by atoms with E-state index >= 15 is 0 Å². The molecule has 0 aliphatic carbocycles. The molecule has 1 fully saturated rings. The van der Waals surface area contributed by atoms with Crippen molar-refractivity contribution in [2.24, 2.45) is 0 Å². The molecule has 4 aromatic rings. The van der Waals surface area contributed by atoms with Crippen LogP contribution in [0, 0.1) is 12.3 Å². The van der Waals surface area contributed by atoms with Gasteiger partial charge in [-0.15, -0.1) is 6.42 Å². The van der Waals surface area contributed by atoms with Crippen LogP contribution in [0.1, 0.15) is 39.1 Å². The third-order valence-corrected chi connectivity index (χ3v) is 7.94. The number of rotatable bonds is 4. The van der Waals surface area contributed by atoms with E-state index in [4.69, 9.17) is 44.0 Å². The van der Waals surface area contributed by atoms with Crippen LogP contribution in [0.5, 0.6) is 0 Å². The second-order valence-corrected chi connectivity index (χ2v) is 10.6. The second-order valence-electron chi connectivity index (χ2n) is 9.74. The van der Waals surface area contributed by atoms with Gasteiger partial charge < -0.3 is 24.1 Å². The number of ether oxygens (including phenoxy) is 1. The summed E-state index contributed by atoms with van der Waals surface area (Å²) in [5.41, 5.74) is 3.13. The number of aromatic nitrogens is 1. The molecule has 44 heavy (non-hydrogen) atoms. The minimum Gasteiger partial charge on any atom is -0.378 e. The van der Waals surface area contributed by atoms with Crippen molar-refractivity contribution in [3.8, 4) is 12.3 Å². The molecule has 2 atom stereocenters. The molecule has 6 rings (SSSR count). The van der Waals surface area contributed by atoms with Gasteiger partial charge in [0.2, 0.25) is 0 Å². The normalized spacial score (nSPS) is 16.8. The molecular weight excluding hydrogens is 601 g/mol. The van der Waals surface area contributed by atoms with Crippen LogP contribution in [-0.4, -0.2) is 55.3 Å². The first-order chi connectivity index (χ1) is 21.5. The molecule has 3 heterocycles. The maximum Gasteiger partial charge on any atom is 0.265 e. The number of anilines is 2. The molecule has 0 bridgehead atoms. The highest BCUT2D eigenvalue weighted by atomic mass is 35.5. The average Bonchev–Trinajstić information content (AvgIpc) is 3.43. The zero-order valence-corrected chi connectivity index (χ0v) is 25.2. The summed E-state index contributed by atoms with van der Waals surface area (Å²) < 4.78 is 7.13. The number of carbonyl (C=O) groups is 3. The Morgan fingerprint density at radius 3 is 1.95 bits per heavy atom. The Bertz CT molecular complexity index is 1710. The molecule has 0 spiro atoms. The van der Waals surface area contributed by atoms with E-state index in [1.165, 1.54) is 0 Å². The standard InChI is InChI=1S/C32H25Cl2N3O3.2CH2O/c1-2-21-4-3-5-26(20-21)36-28-15-14-27(31(38)35-16-18-40-19-17-35)32(39)37(28)30(23-8-12-25(34)13-9-23)29(36)22-6-10-24(33)11-7-22;2*1-2/h1,3-15,20,29-30H,16-19H2;2*1H2/t29-,30+;;/m0../s1. The smallest absolute Gasteiger partial charge is 0.265 e. The number of hydrogen-bond donors (Lipinski definition) is 0. The number of carbonyl (C=O) groups excluding carboxylic acids is 3. The molecule has 8 nitrogen and oxygen atoms in total. The van der Waals surface area contributed by atoms with Crippen LogP contribution in [0.15, 0.2) is 89.7 Å². The van der Waals surface area contributed by atoms with E-state index in [1.54, 1.807) is 15.5 Å². The van der Waals surface area contributed by atoms with Gasteiger partial charge in [0.05, 0.1) is 25.3 Å². The Hall–Kier alpha value is -4.68. The highest BCUT2D eigenvalue weighted by Crippen LogP contribution is 2.50. The van der Waals surface area contributed by atoms with Gasteiger partial charge >= 0.3 is 0 Å². The van der Waals surface area contributed by atoms with Crippen molar-refractivity contribution in [2.75, 3.05) is 31.2 Å². The summed E-state index contributed by atoms with van der Waals surface area (Å²) in [5.74, 6) is 3.06. The highest BCUT2D eigenvalue weighted by Gasteiger charge is 2.43. The van der Waals surface area contributed by atoms with Crippen LogP contribution in [0.3, 0.4) is 0 Å². The fraction of sp³-hybridized carbons (Fsp3) is 0.176. The van der Waals surface area contributed by atoms with Gasteiger partial charge in [0.15, 0.2) is 0 Å². The number of amides is 1. The van der Waals surface area contributed by atoms with Gasteiger partial charge in [-0.2, -0.15) is 0 Å². The predicted molar refractivity (Wildman–Crippen MR) is 172 cm³/mol. The third kappa shape index (κ3) is 6.31. The van der Waals surface area contributed by atoms with Crippen LogP contribution in [-0.2, 0) is 14.3 Å². The van der Waals surface area contributed by atoms with Crippen LogP contribution in [0.2, 0.25) is 10.0 Å². The summed E-state index contributed by atoms with van der Waals surface area (Å²) in [6, 6.07) is 25.4. The summed E-state index contributed by atoms with van der Waals surface area (Å²) >= 11 is 12.5. The zero-order valence-electron chi connectivity index (χ0n) is 23.7. The summed E-state index contributed by atoms with van der Waals surface area (Å²) in [4.78, 5) is 47.6. The summed E-state index contributed by atoms with van der Waals surface area (Å²) in [6.07, 6.45) is 5.75. The number of pyridine rings is 1. The van der Waals surface area contributed by atoms with Gasteiger partial charge in [0.1, 0.15) is 25.0 Å². The van der Waals surface area contributed by atoms with Gasteiger partial charge in [0, 0.05) is 34.4 Å². The number of fused-ring (bicyclic) bond motifs is 1.